The van der Waals surface area contributed by atoms with Crippen LogP contribution in [0.2, 0.25) is 0 Å². The summed E-state index contributed by atoms with van der Waals surface area (Å²) in [4.78, 5) is 29.6. The summed E-state index contributed by atoms with van der Waals surface area (Å²) >= 11 is 1.35. The van der Waals surface area contributed by atoms with Crippen LogP contribution in [0.5, 0.6) is 5.75 Å². The number of halogens is 1. The molecule has 1 aliphatic heterocycles. The minimum atomic E-state index is -0.447. The number of amides is 3. The normalized spacial score (nSPS) is 12.6. The Hall–Kier alpha value is -3.46. The molecule has 4 rings (SSSR count). The molecule has 9 heteroatoms. The van der Waals surface area contributed by atoms with Gasteiger partial charge < -0.3 is 15.4 Å². The molecule has 3 aromatic rings. The van der Waals surface area contributed by atoms with Crippen molar-refractivity contribution in [2.24, 2.45) is 0 Å². The van der Waals surface area contributed by atoms with Crippen molar-refractivity contribution in [2.75, 3.05) is 12.4 Å². The molecule has 3 N–H and O–H groups in total. The predicted octanol–water partition coefficient (Wildman–Crippen LogP) is 3.52. The minimum absolute atomic E-state index is 0.137. The van der Waals surface area contributed by atoms with Crippen molar-refractivity contribution in [1.82, 2.24) is 15.6 Å². The van der Waals surface area contributed by atoms with Crippen molar-refractivity contribution in [3.05, 3.63) is 64.4 Å². The van der Waals surface area contributed by atoms with Crippen molar-refractivity contribution in [3.8, 4) is 16.2 Å². The van der Waals surface area contributed by atoms with E-state index in [2.05, 4.69) is 20.9 Å². The number of carbonyl (C=O) groups excluding carboxylic acids is 2. The lowest BCUT2D eigenvalue weighted by Gasteiger charge is -2.19. The first-order valence-corrected chi connectivity index (χ1v) is 9.60. The number of pyridine rings is 1. The van der Waals surface area contributed by atoms with Crippen LogP contribution in [-0.2, 0) is 13.1 Å². The molecule has 3 heterocycles. The molecular formula is C20H17FN4O3S. The lowest BCUT2D eigenvalue weighted by atomic mass is 10.1. The molecular weight excluding hydrogens is 395 g/mol. The van der Waals surface area contributed by atoms with Gasteiger partial charge in [-0.15, -0.1) is 11.3 Å². The molecule has 0 saturated heterocycles. The fourth-order valence-corrected chi connectivity index (χ4v) is 3.99. The summed E-state index contributed by atoms with van der Waals surface area (Å²) in [6.07, 6.45) is 1.63. The highest BCUT2D eigenvalue weighted by Crippen LogP contribution is 2.34. The number of thiophene rings is 1. The summed E-state index contributed by atoms with van der Waals surface area (Å²) in [5.74, 6) is -0.00930. The van der Waals surface area contributed by atoms with Crippen LogP contribution in [-0.4, -0.2) is 24.0 Å². The van der Waals surface area contributed by atoms with Crippen LogP contribution in [0.1, 0.15) is 20.8 Å². The van der Waals surface area contributed by atoms with E-state index in [1.54, 1.807) is 24.4 Å². The Balaban J connectivity index is 1.49. The molecule has 1 aromatic carbocycles. The topological polar surface area (TPSA) is 92.3 Å². The van der Waals surface area contributed by atoms with Crippen molar-refractivity contribution >= 4 is 29.1 Å². The fourth-order valence-electron chi connectivity index (χ4n) is 3.02. The monoisotopic (exact) mass is 412 g/mol. The van der Waals surface area contributed by atoms with Gasteiger partial charge in [0.2, 0.25) is 0 Å². The highest BCUT2D eigenvalue weighted by atomic mass is 32.1. The maximum absolute atomic E-state index is 13.5. The third-order valence-corrected chi connectivity index (χ3v) is 5.59. The number of nitrogens with zero attached hydrogens (tertiary/aromatic N) is 1. The summed E-state index contributed by atoms with van der Waals surface area (Å²) in [5.41, 5.74) is 2.52. The highest BCUT2D eigenvalue weighted by molar-refractivity contribution is 7.17. The van der Waals surface area contributed by atoms with E-state index in [1.807, 2.05) is 12.1 Å². The van der Waals surface area contributed by atoms with Crippen LogP contribution in [0, 0.1) is 5.82 Å². The van der Waals surface area contributed by atoms with Gasteiger partial charge in [0, 0.05) is 35.3 Å². The smallest absolute Gasteiger partial charge is 0.320 e. The molecule has 3 amide bonds. The van der Waals surface area contributed by atoms with Gasteiger partial charge in [0.15, 0.2) is 11.6 Å². The van der Waals surface area contributed by atoms with Crippen LogP contribution in [0.15, 0.2) is 42.6 Å². The number of nitrogens with one attached hydrogen (secondary N) is 3. The Labute approximate surface area is 169 Å². The molecule has 148 valence electrons. The zero-order valence-electron chi connectivity index (χ0n) is 15.4. The van der Waals surface area contributed by atoms with Gasteiger partial charge in [-0.1, -0.05) is 6.07 Å². The fraction of sp³-hybridized carbons (Fsp3) is 0.150. The summed E-state index contributed by atoms with van der Waals surface area (Å²) in [5, 5.41) is 8.24. The second-order valence-electron chi connectivity index (χ2n) is 6.31. The number of carbonyl (C=O) groups is 2. The van der Waals surface area contributed by atoms with E-state index in [9.17, 15) is 14.0 Å². The summed E-state index contributed by atoms with van der Waals surface area (Å²) in [6.45, 7) is 0.624. The molecule has 0 spiro atoms. The average molecular weight is 412 g/mol. The number of urea groups is 1. The van der Waals surface area contributed by atoms with Crippen molar-refractivity contribution in [3.63, 3.8) is 0 Å². The van der Waals surface area contributed by atoms with Crippen LogP contribution in [0.3, 0.4) is 0 Å². The second-order valence-corrected chi connectivity index (χ2v) is 7.39. The van der Waals surface area contributed by atoms with Gasteiger partial charge in [-0.3, -0.25) is 10.1 Å². The van der Waals surface area contributed by atoms with Gasteiger partial charge in [-0.05, 0) is 35.9 Å². The number of anilines is 1. The Bertz CT molecular complexity index is 1100. The maximum atomic E-state index is 13.5. The lowest BCUT2D eigenvalue weighted by Crippen LogP contribution is -2.34. The van der Waals surface area contributed by atoms with E-state index in [0.29, 0.717) is 17.2 Å². The summed E-state index contributed by atoms with van der Waals surface area (Å²) in [7, 11) is 1.40. The standard InChI is InChI=1S/C20H17FN4O3S/c1-28-15-8-11(2-3-14(15)21)9-23-19(26)17-5-4-16(29-17)12-6-7-22-18-13(12)10-24-20(27)25-18/h2-8H,9-10H2,1H3,(H,23,26)(H2,22,24,25,27). The predicted molar refractivity (Wildman–Crippen MR) is 108 cm³/mol. The molecule has 0 unspecified atom stereocenters. The van der Waals surface area contributed by atoms with E-state index < -0.39 is 5.82 Å². The summed E-state index contributed by atoms with van der Waals surface area (Å²) < 4.78 is 18.5. The van der Waals surface area contributed by atoms with Gasteiger partial charge in [-0.2, -0.15) is 0 Å². The molecule has 2 aromatic heterocycles. The average Bonchev–Trinajstić information content (AvgIpc) is 3.22. The molecule has 7 nitrogen and oxygen atoms in total. The van der Waals surface area contributed by atoms with Crippen LogP contribution >= 0.6 is 11.3 Å². The summed E-state index contributed by atoms with van der Waals surface area (Å²) in [6, 6.07) is 9.65. The molecule has 0 atom stereocenters. The van der Waals surface area contributed by atoms with Gasteiger partial charge in [0.25, 0.3) is 5.91 Å². The Morgan fingerprint density at radius 2 is 2.17 bits per heavy atom. The SMILES string of the molecule is COc1cc(CNC(=O)c2ccc(-c3ccnc4c3CNC(=O)N4)s2)ccc1F. The van der Waals surface area contributed by atoms with E-state index >= 15 is 0 Å². The number of hydrogen-bond donors (Lipinski definition) is 3. The van der Waals surface area contributed by atoms with E-state index in [1.165, 1.54) is 24.5 Å². The quantitative estimate of drug-likeness (QED) is 0.598. The van der Waals surface area contributed by atoms with Crippen molar-refractivity contribution in [1.29, 1.82) is 0 Å². The number of fused-ring (bicyclic) bond motifs is 1. The van der Waals surface area contributed by atoms with Gasteiger partial charge in [0.05, 0.1) is 12.0 Å². The first-order chi connectivity index (χ1) is 14.0. The molecule has 0 aliphatic carbocycles. The molecule has 29 heavy (non-hydrogen) atoms. The molecule has 0 bridgehead atoms. The Kier molecular flexibility index (Phi) is 5.13. The van der Waals surface area contributed by atoms with Crippen molar-refractivity contribution < 1.29 is 18.7 Å². The maximum Gasteiger partial charge on any atom is 0.320 e. The third kappa shape index (κ3) is 3.90. The Morgan fingerprint density at radius 1 is 1.31 bits per heavy atom. The van der Waals surface area contributed by atoms with Gasteiger partial charge in [0.1, 0.15) is 5.82 Å². The zero-order valence-corrected chi connectivity index (χ0v) is 16.2. The first-order valence-electron chi connectivity index (χ1n) is 8.78. The molecule has 0 fully saturated rings. The zero-order chi connectivity index (χ0) is 20.4. The lowest BCUT2D eigenvalue weighted by molar-refractivity contribution is 0.0955. The van der Waals surface area contributed by atoms with Crippen LogP contribution in [0.25, 0.3) is 10.4 Å². The van der Waals surface area contributed by atoms with E-state index in [-0.39, 0.29) is 24.2 Å². The van der Waals surface area contributed by atoms with Gasteiger partial charge >= 0.3 is 6.03 Å². The first kappa shape index (κ1) is 18.9. The van der Waals surface area contributed by atoms with E-state index in [0.717, 1.165) is 21.6 Å². The largest absolute Gasteiger partial charge is 0.494 e. The van der Waals surface area contributed by atoms with Crippen LogP contribution in [0.4, 0.5) is 15.0 Å². The highest BCUT2D eigenvalue weighted by Gasteiger charge is 2.20. The van der Waals surface area contributed by atoms with E-state index in [4.69, 9.17) is 4.74 Å². The number of benzene rings is 1. The number of methoxy groups -OCH3 is 1. The Morgan fingerprint density at radius 3 is 3.00 bits per heavy atom. The molecule has 1 aliphatic rings. The third-order valence-electron chi connectivity index (χ3n) is 4.48. The number of ether oxygens (including phenoxy) is 1. The molecule has 0 radical (unpaired) electrons. The number of rotatable bonds is 5. The number of aromatic nitrogens is 1. The second kappa shape index (κ2) is 7.88. The molecule has 0 saturated carbocycles. The number of hydrogen-bond acceptors (Lipinski definition) is 5. The van der Waals surface area contributed by atoms with Crippen LogP contribution < -0.4 is 20.7 Å². The van der Waals surface area contributed by atoms with Gasteiger partial charge in [-0.25, -0.2) is 14.2 Å². The minimum Gasteiger partial charge on any atom is -0.494 e. The van der Waals surface area contributed by atoms with Crippen molar-refractivity contribution in [2.45, 2.75) is 13.1 Å².